The van der Waals surface area contributed by atoms with E-state index < -0.39 is 0 Å². The lowest BCUT2D eigenvalue weighted by atomic mass is 9.91. The van der Waals surface area contributed by atoms with E-state index in [1.54, 1.807) is 18.2 Å². The predicted molar refractivity (Wildman–Crippen MR) is 85.1 cm³/mol. The lowest BCUT2D eigenvalue weighted by molar-refractivity contribution is -0.122. The van der Waals surface area contributed by atoms with E-state index in [1.807, 2.05) is 6.92 Å². The lowest BCUT2D eigenvalue weighted by Gasteiger charge is -2.27. The number of hydrogen-bond acceptors (Lipinski definition) is 2. The van der Waals surface area contributed by atoms with Crippen LogP contribution >= 0.6 is 12.4 Å². The smallest absolute Gasteiger partial charge is 0.220 e. The van der Waals surface area contributed by atoms with Crippen LogP contribution in [0.25, 0.3) is 0 Å². The molecule has 5 heteroatoms. The highest BCUT2D eigenvalue weighted by atomic mass is 35.5. The molecule has 0 saturated heterocycles. The average Bonchev–Trinajstić information content (AvgIpc) is 2.41. The molecular weight excluding hydrogens is 291 g/mol. The minimum atomic E-state index is -0.239. The largest absolute Gasteiger partial charge is 0.353 e. The maximum atomic E-state index is 13.6. The van der Waals surface area contributed by atoms with Gasteiger partial charge in [0.25, 0.3) is 0 Å². The molecule has 1 atom stereocenters. The van der Waals surface area contributed by atoms with Crippen molar-refractivity contribution in [2.75, 3.05) is 0 Å². The Kier molecular flexibility index (Phi) is 7.12. The third kappa shape index (κ3) is 5.29. The first-order chi connectivity index (χ1) is 9.56. The Morgan fingerprint density at radius 1 is 1.33 bits per heavy atom. The quantitative estimate of drug-likeness (QED) is 0.897. The van der Waals surface area contributed by atoms with Crippen LogP contribution in [-0.4, -0.2) is 18.0 Å². The average molecular weight is 315 g/mol. The number of rotatable bonds is 4. The monoisotopic (exact) mass is 314 g/mol. The van der Waals surface area contributed by atoms with Gasteiger partial charge in [0.05, 0.1) is 0 Å². The zero-order chi connectivity index (χ0) is 14.5. The summed E-state index contributed by atoms with van der Waals surface area (Å²) in [5.74, 6) is -0.347. The maximum Gasteiger partial charge on any atom is 0.220 e. The van der Waals surface area contributed by atoms with Crippen molar-refractivity contribution < 1.29 is 9.18 Å². The van der Waals surface area contributed by atoms with Gasteiger partial charge in [0, 0.05) is 18.5 Å². The number of carbonyl (C=O) groups excluding carboxylic acids is 1. The zero-order valence-corrected chi connectivity index (χ0v) is 13.2. The standard InChI is InChI=1S/C16H23FN2O.ClH/c1-11(14-4-2-3-5-15(14)17)10-16(20)19-13-8-6-12(18)7-9-13;/h2-5,11-13H,6-10,18H2,1H3,(H,19,20);1H. The van der Waals surface area contributed by atoms with Crippen molar-refractivity contribution in [2.24, 2.45) is 5.73 Å². The van der Waals surface area contributed by atoms with Crippen molar-refractivity contribution in [3.8, 4) is 0 Å². The van der Waals surface area contributed by atoms with E-state index in [2.05, 4.69) is 5.32 Å². The molecule has 1 saturated carbocycles. The Morgan fingerprint density at radius 2 is 1.95 bits per heavy atom. The van der Waals surface area contributed by atoms with Crippen LogP contribution in [0.5, 0.6) is 0 Å². The van der Waals surface area contributed by atoms with Gasteiger partial charge in [0.1, 0.15) is 5.82 Å². The van der Waals surface area contributed by atoms with Crippen molar-refractivity contribution in [2.45, 2.75) is 57.0 Å². The molecule has 1 amide bonds. The van der Waals surface area contributed by atoms with Crippen LogP contribution in [0.3, 0.4) is 0 Å². The van der Waals surface area contributed by atoms with Crippen molar-refractivity contribution in [1.82, 2.24) is 5.32 Å². The van der Waals surface area contributed by atoms with E-state index in [4.69, 9.17) is 5.73 Å². The molecule has 0 aromatic heterocycles. The molecule has 0 spiro atoms. The highest BCUT2D eigenvalue weighted by Gasteiger charge is 2.21. The number of benzene rings is 1. The summed E-state index contributed by atoms with van der Waals surface area (Å²) in [6.45, 7) is 1.88. The van der Waals surface area contributed by atoms with E-state index >= 15 is 0 Å². The van der Waals surface area contributed by atoms with Crippen LogP contribution in [0.15, 0.2) is 24.3 Å². The fourth-order valence-electron chi connectivity index (χ4n) is 2.81. The summed E-state index contributed by atoms with van der Waals surface area (Å²) in [6, 6.07) is 7.15. The van der Waals surface area contributed by atoms with Crippen LogP contribution in [-0.2, 0) is 4.79 Å². The molecule has 3 nitrogen and oxygen atoms in total. The Hall–Kier alpha value is -1.13. The molecule has 1 aromatic carbocycles. The fraction of sp³-hybridized carbons (Fsp3) is 0.562. The van der Waals surface area contributed by atoms with E-state index in [9.17, 15) is 9.18 Å². The molecule has 0 bridgehead atoms. The molecule has 0 heterocycles. The second-order valence-corrected chi connectivity index (χ2v) is 5.81. The molecule has 1 fully saturated rings. The van der Waals surface area contributed by atoms with Crippen LogP contribution in [0.4, 0.5) is 4.39 Å². The molecular formula is C16H24ClFN2O. The van der Waals surface area contributed by atoms with Gasteiger partial charge in [-0.1, -0.05) is 25.1 Å². The number of nitrogens with one attached hydrogen (secondary N) is 1. The molecule has 1 aromatic rings. The Bertz CT molecular complexity index is 461. The third-order valence-corrected chi connectivity index (χ3v) is 4.06. The normalized spacial score (nSPS) is 23.0. The summed E-state index contributed by atoms with van der Waals surface area (Å²) in [7, 11) is 0. The number of nitrogens with two attached hydrogens (primary N) is 1. The van der Waals surface area contributed by atoms with Gasteiger partial charge in [-0.2, -0.15) is 0 Å². The molecule has 1 unspecified atom stereocenters. The Morgan fingerprint density at radius 3 is 2.57 bits per heavy atom. The molecule has 21 heavy (non-hydrogen) atoms. The zero-order valence-electron chi connectivity index (χ0n) is 12.3. The second kappa shape index (κ2) is 8.35. The highest BCUT2D eigenvalue weighted by Crippen LogP contribution is 2.22. The number of hydrogen-bond donors (Lipinski definition) is 2. The molecule has 118 valence electrons. The van der Waals surface area contributed by atoms with Crippen LogP contribution < -0.4 is 11.1 Å². The first-order valence-electron chi connectivity index (χ1n) is 7.35. The van der Waals surface area contributed by atoms with Gasteiger partial charge in [-0.05, 0) is 43.2 Å². The molecule has 1 aliphatic carbocycles. The van der Waals surface area contributed by atoms with E-state index in [-0.39, 0.29) is 42.1 Å². The SMILES string of the molecule is CC(CC(=O)NC1CCC(N)CC1)c1ccccc1F.Cl. The number of carbonyl (C=O) groups is 1. The summed E-state index contributed by atoms with van der Waals surface area (Å²) in [5.41, 5.74) is 6.45. The van der Waals surface area contributed by atoms with Gasteiger partial charge in [0.15, 0.2) is 0 Å². The van der Waals surface area contributed by atoms with Gasteiger partial charge in [-0.3, -0.25) is 4.79 Å². The highest BCUT2D eigenvalue weighted by molar-refractivity contribution is 5.85. The topological polar surface area (TPSA) is 55.1 Å². The summed E-state index contributed by atoms with van der Waals surface area (Å²) >= 11 is 0. The second-order valence-electron chi connectivity index (χ2n) is 5.81. The van der Waals surface area contributed by atoms with Crippen LogP contribution in [0, 0.1) is 5.82 Å². The lowest BCUT2D eigenvalue weighted by Crippen LogP contribution is -2.40. The van der Waals surface area contributed by atoms with Crippen LogP contribution in [0.2, 0.25) is 0 Å². The van der Waals surface area contributed by atoms with Gasteiger partial charge in [-0.25, -0.2) is 4.39 Å². The predicted octanol–water partition coefficient (Wildman–Crippen LogP) is 3.13. The van der Waals surface area contributed by atoms with Crippen molar-refractivity contribution >= 4 is 18.3 Å². The summed E-state index contributed by atoms with van der Waals surface area (Å²) in [6.07, 6.45) is 4.15. The van der Waals surface area contributed by atoms with Crippen molar-refractivity contribution in [3.05, 3.63) is 35.6 Å². The number of halogens is 2. The van der Waals surface area contributed by atoms with E-state index in [1.165, 1.54) is 6.07 Å². The molecule has 3 N–H and O–H groups in total. The van der Waals surface area contributed by atoms with Crippen molar-refractivity contribution in [1.29, 1.82) is 0 Å². The molecule has 0 aliphatic heterocycles. The fourth-order valence-corrected chi connectivity index (χ4v) is 2.81. The minimum Gasteiger partial charge on any atom is -0.353 e. The van der Waals surface area contributed by atoms with Gasteiger partial charge in [0.2, 0.25) is 5.91 Å². The molecule has 0 radical (unpaired) electrons. The first-order valence-corrected chi connectivity index (χ1v) is 7.35. The van der Waals surface area contributed by atoms with E-state index in [0.717, 1.165) is 25.7 Å². The summed E-state index contributed by atoms with van der Waals surface area (Å²) in [4.78, 5) is 12.0. The maximum absolute atomic E-state index is 13.6. The number of amides is 1. The third-order valence-electron chi connectivity index (χ3n) is 4.06. The Balaban J connectivity index is 0.00000220. The van der Waals surface area contributed by atoms with E-state index in [0.29, 0.717) is 12.0 Å². The van der Waals surface area contributed by atoms with Crippen molar-refractivity contribution in [3.63, 3.8) is 0 Å². The van der Waals surface area contributed by atoms with Crippen LogP contribution in [0.1, 0.15) is 50.5 Å². The van der Waals surface area contributed by atoms with Gasteiger partial charge < -0.3 is 11.1 Å². The van der Waals surface area contributed by atoms with Gasteiger partial charge in [-0.15, -0.1) is 12.4 Å². The molecule has 2 rings (SSSR count). The summed E-state index contributed by atoms with van der Waals surface area (Å²) < 4.78 is 13.6. The summed E-state index contributed by atoms with van der Waals surface area (Å²) in [5, 5.41) is 3.04. The van der Waals surface area contributed by atoms with Gasteiger partial charge >= 0.3 is 0 Å². The molecule has 1 aliphatic rings. The first kappa shape index (κ1) is 17.9. The Labute approximate surface area is 131 Å². The minimum absolute atomic E-state index is 0.